The van der Waals surface area contributed by atoms with E-state index in [1.165, 1.54) is 19.8 Å². The van der Waals surface area contributed by atoms with Crippen molar-refractivity contribution in [1.82, 2.24) is 0 Å². The van der Waals surface area contributed by atoms with Gasteiger partial charge in [-0.2, -0.15) is 0 Å². The topological polar surface area (TPSA) is 158 Å². The van der Waals surface area contributed by atoms with Crippen LogP contribution in [0, 0.1) is 0 Å². The van der Waals surface area contributed by atoms with E-state index in [1.54, 1.807) is 0 Å². The maximum atomic E-state index is 10.6. The predicted octanol–water partition coefficient (Wildman–Crippen LogP) is -0.985. The summed E-state index contributed by atoms with van der Waals surface area (Å²) in [6, 6.07) is 0. The number of aliphatic hydroxyl groups excluding tert-OH is 6. The molecule has 0 aromatic rings. The summed E-state index contributed by atoms with van der Waals surface area (Å²) in [5.41, 5.74) is 0. The van der Waals surface area contributed by atoms with Gasteiger partial charge in [0.25, 0.3) is 0 Å². The van der Waals surface area contributed by atoms with Gasteiger partial charge in [0.05, 0.1) is 12.7 Å². The molecular formula is C20H38O10. The van der Waals surface area contributed by atoms with E-state index in [-0.39, 0.29) is 0 Å². The van der Waals surface area contributed by atoms with Crippen LogP contribution in [0.1, 0.15) is 52.4 Å². The van der Waals surface area contributed by atoms with Crippen molar-refractivity contribution in [2.45, 2.75) is 114 Å². The predicted molar refractivity (Wildman–Crippen MR) is 104 cm³/mol. The Balaban J connectivity index is 1.93. The molecule has 6 N–H and O–H groups in total. The second-order valence-corrected chi connectivity index (χ2v) is 8.13. The van der Waals surface area contributed by atoms with Gasteiger partial charge < -0.3 is 49.6 Å². The molecule has 10 atom stereocenters. The Kier molecular flexibility index (Phi) is 10.9. The highest BCUT2D eigenvalue weighted by molar-refractivity contribution is 4.93. The fourth-order valence-corrected chi connectivity index (χ4v) is 3.71. The molecule has 0 aromatic carbocycles. The van der Waals surface area contributed by atoms with Gasteiger partial charge in [0.2, 0.25) is 0 Å². The molecule has 2 aliphatic rings. The minimum Gasteiger partial charge on any atom is -0.394 e. The van der Waals surface area contributed by atoms with Crippen molar-refractivity contribution in [1.29, 1.82) is 0 Å². The summed E-state index contributed by atoms with van der Waals surface area (Å²) in [4.78, 5) is 0. The molecule has 178 valence electrons. The highest BCUT2D eigenvalue weighted by Gasteiger charge is 2.50. The lowest BCUT2D eigenvalue weighted by molar-refractivity contribution is -0.357. The molecule has 0 saturated carbocycles. The van der Waals surface area contributed by atoms with Crippen molar-refractivity contribution in [3.63, 3.8) is 0 Å². The summed E-state index contributed by atoms with van der Waals surface area (Å²) in [7, 11) is 0. The molecule has 2 saturated heterocycles. The van der Waals surface area contributed by atoms with Gasteiger partial charge in [0.15, 0.2) is 12.6 Å². The largest absolute Gasteiger partial charge is 0.394 e. The fraction of sp³-hybridized carbons (Fsp3) is 1.00. The first-order chi connectivity index (χ1) is 14.3. The first-order valence-electron chi connectivity index (χ1n) is 10.9. The Labute approximate surface area is 177 Å². The van der Waals surface area contributed by atoms with Crippen molar-refractivity contribution in [3.05, 3.63) is 0 Å². The van der Waals surface area contributed by atoms with Crippen molar-refractivity contribution < 1.29 is 49.6 Å². The van der Waals surface area contributed by atoms with Crippen LogP contribution in [0.3, 0.4) is 0 Å². The van der Waals surface area contributed by atoms with Crippen molar-refractivity contribution in [2.75, 3.05) is 13.2 Å². The monoisotopic (exact) mass is 438 g/mol. The van der Waals surface area contributed by atoms with E-state index in [4.69, 9.17) is 18.9 Å². The van der Waals surface area contributed by atoms with Crippen molar-refractivity contribution >= 4 is 0 Å². The minimum absolute atomic E-state index is 0.333. The molecule has 2 fully saturated rings. The van der Waals surface area contributed by atoms with Gasteiger partial charge in [0.1, 0.15) is 42.7 Å². The van der Waals surface area contributed by atoms with Crippen LogP contribution in [-0.2, 0) is 18.9 Å². The van der Waals surface area contributed by atoms with E-state index < -0.39 is 68.0 Å². The van der Waals surface area contributed by atoms with Crippen molar-refractivity contribution in [2.24, 2.45) is 0 Å². The maximum absolute atomic E-state index is 10.6. The van der Waals surface area contributed by atoms with Crippen LogP contribution in [0.5, 0.6) is 0 Å². The first-order valence-corrected chi connectivity index (χ1v) is 10.9. The van der Waals surface area contributed by atoms with Crippen LogP contribution in [0.15, 0.2) is 0 Å². The Morgan fingerprint density at radius 3 is 2.07 bits per heavy atom. The summed E-state index contributed by atoms with van der Waals surface area (Å²) >= 11 is 0. The molecule has 0 unspecified atom stereocenters. The second-order valence-electron chi connectivity index (χ2n) is 8.13. The Bertz CT molecular complexity index is 481. The molecule has 0 spiro atoms. The zero-order chi connectivity index (χ0) is 22.3. The standard InChI is InChI=1S/C20H38O10/c1-3-4-5-6-7-8-9-27-19-17(26)18(14(23)12(10-21)29-19)30-20-16(25)15(24)13(22)11(2)28-20/h11-26H,3-10H2,1-2H3/t11-,12+,13+,14-,15+,16-,17+,18-,19+,20-/m0/s1. The molecule has 10 nitrogen and oxygen atoms in total. The van der Waals surface area contributed by atoms with Crippen LogP contribution < -0.4 is 0 Å². The van der Waals surface area contributed by atoms with E-state index in [0.29, 0.717) is 6.61 Å². The average molecular weight is 439 g/mol. The third-order valence-corrected chi connectivity index (χ3v) is 5.70. The van der Waals surface area contributed by atoms with Crippen LogP contribution >= 0.6 is 0 Å². The van der Waals surface area contributed by atoms with Crippen LogP contribution in [0.2, 0.25) is 0 Å². The molecule has 0 aliphatic carbocycles. The van der Waals surface area contributed by atoms with Gasteiger partial charge in [-0.15, -0.1) is 0 Å². The number of unbranched alkanes of at least 4 members (excludes halogenated alkanes) is 5. The summed E-state index contributed by atoms with van der Waals surface area (Å²) in [6.07, 6.45) is -6.62. The van der Waals surface area contributed by atoms with Gasteiger partial charge in [0, 0.05) is 6.61 Å². The number of hydrogen-bond acceptors (Lipinski definition) is 10. The lowest BCUT2D eigenvalue weighted by atomic mass is 9.97. The lowest BCUT2D eigenvalue weighted by Crippen LogP contribution is -2.64. The molecular weight excluding hydrogens is 400 g/mol. The van der Waals surface area contributed by atoms with E-state index in [2.05, 4.69) is 6.92 Å². The van der Waals surface area contributed by atoms with Gasteiger partial charge in [-0.25, -0.2) is 0 Å². The van der Waals surface area contributed by atoms with E-state index in [0.717, 1.165) is 25.7 Å². The zero-order valence-electron chi connectivity index (χ0n) is 17.7. The number of ether oxygens (including phenoxy) is 4. The summed E-state index contributed by atoms with van der Waals surface area (Å²) < 4.78 is 22.0. The number of aliphatic hydroxyl groups is 6. The molecule has 0 amide bonds. The van der Waals surface area contributed by atoms with Gasteiger partial charge in [-0.05, 0) is 13.3 Å². The zero-order valence-corrected chi connectivity index (χ0v) is 17.7. The van der Waals surface area contributed by atoms with Gasteiger partial charge in [-0.3, -0.25) is 0 Å². The quantitative estimate of drug-likeness (QED) is 0.221. The number of rotatable bonds is 11. The molecule has 0 aromatic heterocycles. The summed E-state index contributed by atoms with van der Waals surface area (Å²) in [5, 5.41) is 60.5. The average Bonchev–Trinajstić information content (AvgIpc) is 2.73. The Morgan fingerprint density at radius 2 is 1.40 bits per heavy atom. The third-order valence-electron chi connectivity index (χ3n) is 5.70. The fourth-order valence-electron chi connectivity index (χ4n) is 3.71. The van der Waals surface area contributed by atoms with E-state index in [9.17, 15) is 30.6 Å². The minimum atomic E-state index is -1.59. The normalized spacial score (nSPS) is 42.4. The Morgan fingerprint density at radius 1 is 0.733 bits per heavy atom. The first kappa shape index (κ1) is 25.9. The van der Waals surface area contributed by atoms with E-state index >= 15 is 0 Å². The highest BCUT2D eigenvalue weighted by Crippen LogP contribution is 2.29. The lowest BCUT2D eigenvalue weighted by Gasteiger charge is -2.45. The van der Waals surface area contributed by atoms with Crippen LogP contribution in [0.4, 0.5) is 0 Å². The van der Waals surface area contributed by atoms with Crippen molar-refractivity contribution in [3.8, 4) is 0 Å². The smallest absolute Gasteiger partial charge is 0.187 e. The second kappa shape index (κ2) is 12.6. The number of hydrogen-bond donors (Lipinski definition) is 6. The molecule has 10 heteroatoms. The summed E-state index contributed by atoms with van der Waals surface area (Å²) in [6.45, 7) is 3.45. The SMILES string of the molecule is CCCCCCCCO[C@@H]1O[C@H](CO)[C@H](O)[C@H](O[C@@H]2O[C@@H](C)[C@@H](O)[C@@H](O)[C@@H]2O)[C@H]1O. The van der Waals surface area contributed by atoms with Crippen LogP contribution in [-0.4, -0.2) is 105 Å². The van der Waals surface area contributed by atoms with Gasteiger partial charge in [-0.1, -0.05) is 39.0 Å². The maximum Gasteiger partial charge on any atom is 0.187 e. The summed E-state index contributed by atoms with van der Waals surface area (Å²) in [5.74, 6) is 0. The Hall–Kier alpha value is -0.400. The van der Waals surface area contributed by atoms with Gasteiger partial charge >= 0.3 is 0 Å². The van der Waals surface area contributed by atoms with Crippen LogP contribution in [0.25, 0.3) is 0 Å². The molecule has 2 rings (SSSR count). The molecule has 0 radical (unpaired) electrons. The molecule has 0 bridgehead atoms. The molecule has 30 heavy (non-hydrogen) atoms. The third kappa shape index (κ3) is 6.55. The highest BCUT2D eigenvalue weighted by atomic mass is 16.7. The molecule has 2 heterocycles. The van der Waals surface area contributed by atoms with E-state index in [1.807, 2.05) is 0 Å². The molecule has 2 aliphatic heterocycles.